The minimum atomic E-state index is -4.83. The fraction of sp³-hybridized carbons (Fsp3) is 0.368. The molecular formula is C19H20F4O2. The molecule has 0 aliphatic rings. The standard InChI is InChI=1S/C19H20F4O2/c1-4-14-10-8-9-13-16(14)17(2,3)25-19(22,23)18(20,21)24-15-11-6-5-7-12-15/h5-13H,4H2,1-3H3. The summed E-state index contributed by atoms with van der Waals surface area (Å²) in [7, 11) is 0. The van der Waals surface area contributed by atoms with E-state index in [1.807, 2.05) is 6.92 Å². The van der Waals surface area contributed by atoms with Crippen molar-refractivity contribution in [1.82, 2.24) is 0 Å². The Morgan fingerprint density at radius 1 is 0.800 bits per heavy atom. The first-order chi connectivity index (χ1) is 11.6. The van der Waals surface area contributed by atoms with Crippen molar-refractivity contribution >= 4 is 0 Å². The van der Waals surface area contributed by atoms with Crippen molar-refractivity contribution < 1.29 is 27.0 Å². The Morgan fingerprint density at radius 2 is 1.36 bits per heavy atom. The Balaban J connectivity index is 2.26. The van der Waals surface area contributed by atoms with Gasteiger partial charge < -0.3 is 9.47 Å². The minimum absolute atomic E-state index is 0.373. The van der Waals surface area contributed by atoms with Gasteiger partial charge in [0.15, 0.2) is 0 Å². The number of alkyl halides is 4. The number of hydrogen-bond acceptors (Lipinski definition) is 2. The highest BCUT2D eigenvalue weighted by Gasteiger charge is 2.63. The molecule has 2 aromatic rings. The van der Waals surface area contributed by atoms with Gasteiger partial charge in [0.1, 0.15) is 5.75 Å². The molecule has 2 rings (SSSR count). The maximum absolute atomic E-state index is 14.2. The van der Waals surface area contributed by atoms with Crippen LogP contribution in [0.4, 0.5) is 17.6 Å². The molecule has 6 heteroatoms. The SMILES string of the molecule is CCc1ccccc1C(C)(C)OC(F)(F)C(F)(F)Oc1ccccc1. The van der Waals surface area contributed by atoms with Crippen molar-refractivity contribution in [3.63, 3.8) is 0 Å². The van der Waals surface area contributed by atoms with Crippen LogP contribution in [0.3, 0.4) is 0 Å². The second kappa shape index (κ2) is 7.04. The van der Waals surface area contributed by atoms with Crippen molar-refractivity contribution in [2.24, 2.45) is 0 Å². The van der Waals surface area contributed by atoms with Crippen molar-refractivity contribution in [1.29, 1.82) is 0 Å². The molecule has 0 saturated heterocycles. The number of halogens is 4. The number of aryl methyl sites for hydroxylation is 1. The Labute approximate surface area is 144 Å². The zero-order valence-electron chi connectivity index (χ0n) is 14.2. The Bertz CT molecular complexity index is 700. The van der Waals surface area contributed by atoms with Gasteiger partial charge in [0, 0.05) is 0 Å². The van der Waals surface area contributed by atoms with Gasteiger partial charge in [-0.2, -0.15) is 17.6 Å². The van der Waals surface area contributed by atoms with Crippen molar-refractivity contribution in [2.75, 3.05) is 0 Å². The first-order valence-corrected chi connectivity index (χ1v) is 7.87. The number of ether oxygens (including phenoxy) is 2. The molecular weight excluding hydrogens is 336 g/mol. The highest BCUT2D eigenvalue weighted by atomic mass is 19.3. The lowest BCUT2D eigenvalue weighted by molar-refractivity contribution is -0.430. The Morgan fingerprint density at radius 3 is 1.96 bits per heavy atom. The number of benzene rings is 2. The van der Waals surface area contributed by atoms with Crippen LogP contribution in [0, 0.1) is 0 Å². The molecule has 0 radical (unpaired) electrons. The Hall–Kier alpha value is -2.08. The highest BCUT2D eigenvalue weighted by Crippen LogP contribution is 2.43. The molecule has 0 fully saturated rings. The predicted molar refractivity (Wildman–Crippen MR) is 86.9 cm³/mol. The molecule has 0 aliphatic heterocycles. The Kier molecular flexibility index (Phi) is 5.42. The van der Waals surface area contributed by atoms with Crippen molar-refractivity contribution in [2.45, 2.75) is 45.0 Å². The third kappa shape index (κ3) is 4.31. The molecule has 0 spiro atoms. The second-order valence-corrected chi connectivity index (χ2v) is 6.07. The molecule has 25 heavy (non-hydrogen) atoms. The van der Waals surface area contributed by atoms with Gasteiger partial charge in [-0.1, -0.05) is 49.4 Å². The van der Waals surface area contributed by atoms with Gasteiger partial charge >= 0.3 is 12.2 Å². The summed E-state index contributed by atoms with van der Waals surface area (Å²) in [5.74, 6) is -0.373. The average molecular weight is 356 g/mol. The summed E-state index contributed by atoms with van der Waals surface area (Å²) in [4.78, 5) is 0. The van der Waals surface area contributed by atoms with E-state index in [4.69, 9.17) is 0 Å². The van der Waals surface area contributed by atoms with Gasteiger partial charge in [0.05, 0.1) is 5.60 Å². The van der Waals surface area contributed by atoms with Gasteiger partial charge in [-0.15, -0.1) is 0 Å². The first kappa shape index (κ1) is 19.2. The normalized spacial score (nSPS) is 12.9. The summed E-state index contributed by atoms with van der Waals surface area (Å²) in [6.45, 7) is 4.50. The van der Waals surface area contributed by atoms with Crippen LogP contribution in [-0.2, 0) is 16.8 Å². The third-order valence-corrected chi connectivity index (χ3v) is 3.76. The van der Waals surface area contributed by atoms with Crippen LogP contribution in [0.25, 0.3) is 0 Å². The largest absolute Gasteiger partial charge is 0.494 e. The lowest BCUT2D eigenvalue weighted by Gasteiger charge is -2.35. The number of hydrogen-bond donors (Lipinski definition) is 0. The molecule has 0 atom stereocenters. The fourth-order valence-electron chi connectivity index (χ4n) is 2.55. The monoisotopic (exact) mass is 356 g/mol. The van der Waals surface area contributed by atoms with Crippen LogP contribution in [0.15, 0.2) is 54.6 Å². The lowest BCUT2D eigenvalue weighted by Crippen LogP contribution is -2.50. The molecule has 0 N–H and O–H groups in total. The zero-order chi connectivity index (χ0) is 18.7. The molecule has 0 heterocycles. The quantitative estimate of drug-likeness (QED) is 0.587. The molecule has 0 saturated carbocycles. The van der Waals surface area contributed by atoms with E-state index < -0.39 is 17.8 Å². The molecule has 0 aromatic heterocycles. The number of rotatable bonds is 7. The smallest absolute Gasteiger partial charge is 0.426 e. The van der Waals surface area contributed by atoms with E-state index in [1.54, 1.807) is 30.3 Å². The van der Waals surface area contributed by atoms with Crippen molar-refractivity contribution in [3.8, 4) is 5.75 Å². The molecule has 0 aliphatic carbocycles. The molecule has 2 nitrogen and oxygen atoms in total. The summed E-state index contributed by atoms with van der Waals surface area (Å²) in [6.07, 6.45) is -9.09. The van der Waals surface area contributed by atoms with Crippen molar-refractivity contribution in [3.05, 3.63) is 65.7 Å². The van der Waals surface area contributed by atoms with E-state index in [1.165, 1.54) is 38.1 Å². The molecule has 0 unspecified atom stereocenters. The molecule has 2 aromatic carbocycles. The summed E-state index contributed by atoms with van der Waals surface area (Å²) >= 11 is 0. The first-order valence-electron chi connectivity index (χ1n) is 7.87. The van der Waals surface area contributed by atoms with Crippen LogP contribution in [0.2, 0.25) is 0 Å². The van der Waals surface area contributed by atoms with E-state index in [0.29, 0.717) is 12.0 Å². The van der Waals surface area contributed by atoms with Crippen LogP contribution in [0.5, 0.6) is 5.75 Å². The van der Waals surface area contributed by atoms with E-state index >= 15 is 0 Å². The van der Waals surface area contributed by atoms with Crippen LogP contribution >= 0.6 is 0 Å². The maximum Gasteiger partial charge on any atom is 0.494 e. The van der Waals surface area contributed by atoms with E-state index in [9.17, 15) is 17.6 Å². The van der Waals surface area contributed by atoms with Crippen LogP contribution < -0.4 is 4.74 Å². The second-order valence-electron chi connectivity index (χ2n) is 6.07. The highest BCUT2D eigenvalue weighted by molar-refractivity contribution is 5.31. The van der Waals surface area contributed by atoms with Gasteiger partial charge in [0.25, 0.3) is 0 Å². The summed E-state index contributed by atoms with van der Waals surface area (Å²) in [6, 6.07) is 13.5. The van der Waals surface area contributed by atoms with Gasteiger partial charge in [-0.05, 0) is 43.5 Å². The van der Waals surface area contributed by atoms with E-state index in [0.717, 1.165) is 5.56 Å². The average Bonchev–Trinajstić information content (AvgIpc) is 2.54. The third-order valence-electron chi connectivity index (χ3n) is 3.76. The zero-order valence-corrected chi connectivity index (χ0v) is 14.2. The summed E-state index contributed by atoms with van der Waals surface area (Å²) in [5, 5.41) is 0. The lowest BCUT2D eigenvalue weighted by atomic mass is 9.91. The molecule has 136 valence electrons. The van der Waals surface area contributed by atoms with E-state index in [2.05, 4.69) is 9.47 Å². The topological polar surface area (TPSA) is 18.5 Å². The predicted octanol–water partition coefficient (Wildman–Crippen LogP) is 5.77. The maximum atomic E-state index is 14.2. The van der Waals surface area contributed by atoms with Gasteiger partial charge in [0.2, 0.25) is 0 Å². The molecule has 0 amide bonds. The summed E-state index contributed by atoms with van der Waals surface area (Å²) < 4.78 is 65.2. The van der Waals surface area contributed by atoms with Gasteiger partial charge in [-0.3, -0.25) is 0 Å². The fourth-order valence-corrected chi connectivity index (χ4v) is 2.55. The van der Waals surface area contributed by atoms with E-state index in [-0.39, 0.29) is 5.75 Å². The number of para-hydroxylation sites is 1. The van der Waals surface area contributed by atoms with Gasteiger partial charge in [-0.25, -0.2) is 0 Å². The van der Waals surface area contributed by atoms with Crippen LogP contribution in [0.1, 0.15) is 31.9 Å². The summed E-state index contributed by atoms with van der Waals surface area (Å²) in [5.41, 5.74) is -0.470. The van der Waals surface area contributed by atoms with Crippen LogP contribution in [-0.4, -0.2) is 12.2 Å². The minimum Gasteiger partial charge on any atom is -0.426 e. The molecule has 0 bridgehead atoms.